The molecule has 0 aliphatic heterocycles. The summed E-state index contributed by atoms with van der Waals surface area (Å²) in [5.41, 5.74) is 18.2. The zero-order valence-electron chi connectivity index (χ0n) is 30.3. The molecule has 0 saturated carbocycles. The minimum absolute atomic E-state index is 0.226. The van der Waals surface area contributed by atoms with Crippen molar-refractivity contribution in [1.82, 2.24) is 29.5 Å². The van der Waals surface area contributed by atoms with E-state index in [0.717, 1.165) is 59.6 Å². The van der Waals surface area contributed by atoms with Crippen LogP contribution in [0.5, 0.6) is 0 Å². The van der Waals surface area contributed by atoms with Gasteiger partial charge >= 0.3 is 11.9 Å². The summed E-state index contributed by atoms with van der Waals surface area (Å²) in [6.07, 6.45) is 11.3. The van der Waals surface area contributed by atoms with Gasteiger partial charge in [0.1, 0.15) is 11.1 Å². The standard InChI is InChI=1S/2C17H22N4O3.C2H6/c1-12-15(11-21(20-12)7-4-8-23-2)13-5-6-19-16(9-13)14(10-18)17(22)24-3;1-12-15(11-20-21(12)7-4-8-23-2)13-5-6-19-16(9-13)14(10-18)17(22)24-3;1-2/h2*5-6,9-11H,4,7-8,18H2,1-3H3;1-2H3/b2*14-10+;. The highest BCUT2D eigenvalue weighted by atomic mass is 16.5. The SMILES string of the molecule is CC.COCCCn1cc(-c2ccnc(/C(=C\N)C(=O)OC)c2)c(C)n1.COCCCn1ncc(-c2ccnc(/C(=C\N)C(=O)OC)c2)c1C. The number of nitrogens with zero attached hydrogens (tertiary/aromatic N) is 6. The third-order valence-corrected chi connectivity index (χ3v) is 7.34. The van der Waals surface area contributed by atoms with Crippen LogP contribution in [0, 0.1) is 13.8 Å². The van der Waals surface area contributed by atoms with Gasteiger partial charge in [-0.2, -0.15) is 10.2 Å². The zero-order chi connectivity index (χ0) is 37.1. The van der Waals surface area contributed by atoms with Crippen LogP contribution in [0.2, 0.25) is 0 Å². The number of esters is 2. The van der Waals surface area contributed by atoms with Crippen LogP contribution in [0.3, 0.4) is 0 Å². The van der Waals surface area contributed by atoms with E-state index in [2.05, 4.69) is 20.2 Å². The number of rotatable bonds is 14. The highest BCUT2D eigenvalue weighted by Gasteiger charge is 2.17. The van der Waals surface area contributed by atoms with Gasteiger partial charge in [0.05, 0.1) is 37.5 Å². The Balaban J connectivity index is 0.000000330. The second-order valence-electron chi connectivity index (χ2n) is 10.5. The number of methoxy groups -OCH3 is 4. The Bertz CT molecular complexity index is 1650. The normalized spacial score (nSPS) is 11.2. The van der Waals surface area contributed by atoms with E-state index < -0.39 is 11.9 Å². The topological polar surface area (TPSA) is 185 Å². The van der Waals surface area contributed by atoms with Crippen LogP contribution in [0.15, 0.2) is 61.5 Å². The molecule has 4 rings (SSSR count). The summed E-state index contributed by atoms with van der Waals surface area (Å²) in [7, 11) is 5.99. The lowest BCUT2D eigenvalue weighted by Gasteiger charge is -2.08. The van der Waals surface area contributed by atoms with E-state index in [-0.39, 0.29) is 11.1 Å². The van der Waals surface area contributed by atoms with Gasteiger partial charge in [0.25, 0.3) is 0 Å². The maximum Gasteiger partial charge on any atom is 0.341 e. The van der Waals surface area contributed by atoms with Crippen molar-refractivity contribution in [2.24, 2.45) is 11.5 Å². The summed E-state index contributed by atoms with van der Waals surface area (Å²) in [5, 5.41) is 8.93. The Morgan fingerprint density at radius 2 is 1.28 bits per heavy atom. The number of carbonyl (C=O) groups excluding carboxylic acids is 2. The van der Waals surface area contributed by atoms with Crippen molar-refractivity contribution in [3.8, 4) is 22.3 Å². The largest absolute Gasteiger partial charge is 0.465 e. The molecule has 50 heavy (non-hydrogen) atoms. The van der Waals surface area contributed by atoms with Gasteiger partial charge in [-0.25, -0.2) is 9.59 Å². The number of aromatic nitrogens is 6. The number of hydrogen-bond donors (Lipinski definition) is 2. The van der Waals surface area contributed by atoms with Crippen molar-refractivity contribution in [2.75, 3.05) is 41.7 Å². The van der Waals surface area contributed by atoms with Crippen LogP contribution in [0.25, 0.3) is 33.4 Å². The lowest BCUT2D eigenvalue weighted by atomic mass is 10.0. The Kier molecular flexibility index (Phi) is 17.6. The molecule has 0 radical (unpaired) electrons. The third kappa shape index (κ3) is 11.1. The van der Waals surface area contributed by atoms with Gasteiger partial charge in [0.15, 0.2) is 0 Å². The van der Waals surface area contributed by atoms with E-state index in [1.54, 1.807) is 38.7 Å². The van der Waals surface area contributed by atoms with E-state index in [9.17, 15) is 9.59 Å². The lowest BCUT2D eigenvalue weighted by molar-refractivity contribution is -0.134. The number of pyridine rings is 2. The van der Waals surface area contributed by atoms with E-state index in [4.69, 9.17) is 30.4 Å². The van der Waals surface area contributed by atoms with Crippen molar-refractivity contribution in [1.29, 1.82) is 0 Å². The Hall–Kier alpha value is -5.34. The van der Waals surface area contributed by atoms with Gasteiger partial charge in [-0.15, -0.1) is 0 Å². The molecule has 4 aromatic rings. The van der Waals surface area contributed by atoms with Crippen LogP contribution in [0.1, 0.15) is 49.5 Å². The second-order valence-corrected chi connectivity index (χ2v) is 10.5. The summed E-state index contributed by atoms with van der Waals surface area (Å²) in [6.45, 7) is 10.9. The molecule has 0 spiro atoms. The molecule has 4 aromatic heterocycles. The first-order chi connectivity index (χ1) is 24.2. The van der Waals surface area contributed by atoms with Gasteiger partial charge in [-0.3, -0.25) is 19.3 Å². The molecule has 14 nitrogen and oxygen atoms in total. The Morgan fingerprint density at radius 3 is 1.76 bits per heavy atom. The summed E-state index contributed by atoms with van der Waals surface area (Å²) >= 11 is 0. The molecular weight excluding hydrogens is 640 g/mol. The predicted octanol–water partition coefficient (Wildman–Crippen LogP) is 4.55. The third-order valence-electron chi connectivity index (χ3n) is 7.34. The molecule has 270 valence electrons. The van der Waals surface area contributed by atoms with Gasteiger partial charge in [-0.05, 0) is 62.1 Å². The first-order valence-corrected chi connectivity index (χ1v) is 16.2. The number of hydrogen-bond acceptors (Lipinski definition) is 12. The average Bonchev–Trinajstić information content (AvgIpc) is 3.71. The fraction of sp³-hybridized carbons (Fsp3) is 0.389. The smallest absolute Gasteiger partial charge is 0.341 e. The van der Waals surface area contributed by atoms with Crippen molar-refractivity contribution >= 4 is 23.1 Å². The van der Waals surface area contributed by atoms with Gasteiger partial charge in [0.2, 0.25) is 0 Å². The maximum absolute atomic E-state index is 11.8. The summed E-state index contributed by atoms with van der Waals surface area (Å²) in [4.78, 5) is 32.0. The molecule has 0 aromatic carbocycles. The van der Waals surface area contributed by atoms with Crippen LogP contribution < -0.4 is 11.5 Å². The van der Waals surface area contributed by atoms with Crippen LogP contribution in [-0.4, -0.2) is 83.1 Å². The first kappa shape index (κ1) is 40.8. The summed E-state index contributed by atoms with van der Waals surface area (Å²) < 4.78 is 23.4. The van der Waals surface area contributed by atoms with Gasteiger partial charge in [-0.1, -0.05) is 13.8 Å². The Morgan fingerprint density at radius 1 is 0.780 bits per heavy atom. The molecule has 0 aliphatic rings. The highest BCUT2D eigenvalue weighted by Crippen LogP contribution is 2.27. The predicted molar refractivity (Wildman–Crippen MR) is 193 cm³/mol. The molecule has 0 atom stereocenters. The molecule has 14 heteroatoms. The second kappa shape index (κ2) is 21.6. The lowest BCUT2D eigenvalue weighted by Crippen LogP contribution is -2.07. The molecule has 0 fully saturated rings. The van der Waals surface area contributed by atoms with Gasteiger partial charge < -0.3 is 30.4 Å². The molecule has 0 bridgehead atoms. The molecule has 0 unspecified atom stereocenters. The molecule has 0 saturated heterocycles. The first-order valence-electron chi connectivity index (χ1n) is 16.2. The van der Waals surface area contributed by atoms with Crippen LogP contribution in [0.4, 0.5) is 0 Å². The van der Waals surface area contributed by atoms with Crippen LogP contribution in [-0.2, 0) is 41.6 Å². The monoisotopic (exact) mass is 690 g/mol. The van der Waals surface area contributed by atoms with Gasteiger partial charge in [0, 0.05) is 88.3 Å². The van der Waals surface area contributed by atoms with Crippen molar-refractivity contribution < 1.29 is 28.5 Å². The maximum atomic E-state index is 11.8. The minimum Gasteiger partial charge on any atom is -0.465 e. The zero-order valence-corrected chi connectivity index (χ0v) is 30.3. The van der Waals surface area contributed by atoms with E-state index >= 15 is 0 Å². The summed E-state index contributed by atoms with van der Waals surface area (Å²) in [5.74, 6) is -1.04. The number of aryl methyl sites for hydroxylation is 3. The van der Waals surface area contributed by atoms with Crippen molar-refractivity contribution in [3.05, 3.63) is 84.2 Å². The molecule has 0 amide bonds. The fourth-order valence-electron chi connectivity index (χ4n) is 4.83. The van der Waals surface area contributed by atoms with E-state index in [1.165, 1.54) is 26.6 Å². The minimum atomic E-state index is -0.519. The van der Waals surface area contributed by atoms with Crippen molar-refractivity contribution in [3.63, 3.8) is 0 Å². The Labute approximate surface area is 294 Å². The summed E-state index contributed by atoms with van der Waals surface area (Å²) in [6, 6.07) is 7.36. The quantitative estimate of drug-likeness (QED) is 0.107. The van der Waals surface area contributed by atoms with E-state index in [0.29, 0.717) is 24.6 Å². The number of nitrogens with two attached hydrogens (primary N) is 2. The number of carbonyl (C=O) groups is 2. The number of ether oxygens (including phenoxy) is 4. The molecular formula is C36H50N8O6. The fourth-order valence-corrected chi connectivity index (χ4v) is 4.83. The average molecular weight is 691 g/mol. The molecule has 4 heterocycles. The molecule has 4 N–H and O–H groups in total. The van der Waals surface area contributed by atoms with E-state index in [1.807, 2.05) is 61.6 Å². The van der Waals surface area contributed by atoms with Crippen molar-refractivity contribution in [2.45, 2.75) is 53.6 Å². The molecule has 0 aliphatic carbocycles. The van der Waals surface area contributed by atoms with Crippen LogP contribution >= 0.6 is 0 Å². The highest BCUT2D eigenvalue weighted by molar-refractivity contribution is 6.16.